The molecule has 0 amide bonds. The lowest BCUT2D eigenvalue weighted by Gasteiger charge is -2.09. The Morgan fingerprint density at radius 3 is 2.25 bits per heavy atom. The van der Waals surface area contributed by atoms with E-state index in [2.05, 4.69) is 0 Å². The second-order valence-corrected chi connectivity index (χ2v) is 8.81. The monoisotopic (exact) mass is 475 g/mol. The van der Waals surface area contributed by atoms with Crippen molar-refractivity contribution >= 4 is 48.9 Å². The molecule has 36 heavy (non-hydrogen) atoms. The van der Waals surface area contributed by atoms with E-state index in [0.29, 0.717) is 43.9 Å². The minimum atomic E-state index is -0.542. The van der Waals surface area contributed by atoms with Gasteiger partial charge in [0.15, 0.2) is 23.0 Å². The average molecular weight is 475 g/mol. The lowest BCUT2D eigenvalue weighted by molar-refractivity contribution is 0.404. The fourth-order valence-electron chi connectivity index (χ4n) is 5.24. The van der Waals surface area contributed by atoms with Crippen molar-refractivity contribution in [1.82, 2.24) is 4.40 Å². The molecule has 0 saturated heterocycles. The number of hydrogen-bond acceptors (Lipinski definition) is 6. The average Bonchev–Trinajstić information content (AvgIpc) is 3.22. The predicted molar refractivity (Wildman–Crippen MR) is 138 cm³/mol. The molecule has 7 heteroatoms. The first kappa shape index (κ1) is 20.2. The summed E-state index contributed by atoms with van der Waals surface area (Å²) in [7, 11) is 0. The summed E-state index contributed by atoms with van der Waals surface area (Å²) in [6.45, 7) is 0. The van der Waals surface area contributed by atoms with Crippen molar-refractivity contribution in [2.24, 2.45) is 0 Å². The van der Waals surface area contributed by atoms with Gasteiger partial charge in [-0.25, -0.2) is 4.79 Å². The number of rotatable bonds is 1. The van der Waals surface area contributed by atoms with Crippen LogP contribution in [0.2, 0.25) is 0 Å². The topological polar surface area (TPSA) is 116 Å². The quantitative estimate of drug-likeness (QED) is 0.132. The normalized spacial score (nSPS) is 11.9. The predicted octanol–water partition coefficient (Wildman–Crippen LogP) is 5.99. The largest absolute Gasteiger partial charge is 0.504 e. The smallest absolute Gasteiger partial charge is 0.361 e. The molecule has 0 bridgehead atoms. The Balaban J connectivity index is 1.86. The first-order valence-corrected chi connectivity index (χ1v) is 11.2. The van der Waals surface area contributed by atoms with E-state index in [1.165, 1.54) is 24.3 Å². The highest BCUT2D eigenvalue weighted by Gasteiger charge is 2.24. The van der Waals surface area contributed by atoms with Crippen LogP contribution in [0.4, 0.5) is 0 Å². The third-order valence-electron chi connectivity index (χ3n) is 6.81. The van der Waals surface area contributed by atoms with Crippen LogP contribution in [0.5, 0.6) is 23.0 Å². The molecule has 0 aliphatic heterocycles. The third kappa shape index (κ3) is 2.59. The lowest BCUT2D eigenvalue weighted by atomic mass is 9.96. The van der Waals surface area contributed by atoms with Crippen molar-refractivity contribution in [3.63, 3.8) is 0 Å². The van der Waals surface area contributed by atoms with E-state index in [9.17, 15) is 25.2 Å². The standard InChI is InChI=1S/C29H17NO6/c31-19-7-5-16(12-20(19)32)24-26-25-17-4-2-1-3-14(17)6-8-23(25)36-29(35)28(26)30-10-9-15-11-21(33)22(34)13-18(15)27(24)30/h1-13,31-34H. The minimum Gasteiger partial charge on any atom is -0.504 e. The zero-order valence-corrected chi connectivity index (χ0v) is 18.6. The zero-order chi connectivity index (χ0) is 24.7. The first-order valence-electron chi connectivity index (χ1n) is 11.2. The number of fused-ring (bicyclic) bond motifs is 9. The fraction of sp³-hybridized carbons (Fsp3) is 0. The summed E-state index contributed by atoms with van der Waals surface area (Å²) >= 11 is 0. The van der Waals surface area contributed by atoms with E-state index in [1.807, 2.05) is 30.3 Å². The van der Waals surface area contributed by atoms with Gasteiger partial charge in [0.25, 0.3) is 0 Å². The molecule has 0 aliphatic carbocycles. The van der Waals surface area contributed by atoms with E-state index in [4.69, 9.17) is 4.42 Å². The molecule has 4 N–H and O–H groups in total. The SMILES string of the molecule is O=c1oc2ccc3ccccc3c2c2c(-c3ccc(O)c(O)c3)c3c4cc(O)c(O)cc4ccn3c12. The van der Waals surface area contributed by atoms with Gasteiger partial charge >= 0.3 is 5.63 Å². The third-order valence-corrected chi connectivity index (χ3v) is 6.81. The molecule has 3 heterocycles. The highest BCUT2D eigenvalue weighted by atomic mass is 16.4. The molecule has 7 rings (SSSR count). The van der Waals surface area contributed by atoms with Gasteiger partial charge in [0, 0.05) is 27.9 Å². The number of aromatic nitrogens is 1. The molecule has 7 nitrogen and oxygen atoms in total. The molecule has 0 radical (unpaired) electrons. The summed E-state index contributed by atoms with van der Waals surface area (Å²) in [4.78, 5) is 13.4. The van der Waals surface area contributed by atoms with Gasteiger partial charge in [-0.2, -0.15) is 0 Å². The number of hydrogen-bond donors (Lipinski definition) is 4. The molecular weight excluding hydrogens is 458 g/mol. The Morgan fingerprint density at radius 2 is 1.42 bits per heavy atom. The molecule has 0 unspecified atom stereocenters. The van der Waals surface area contributed by atoms with Gasteiger partial charge in [-0.15, -0.1) is 0 Å². The van der Waals surface area contributed by atoms with Crippen LogP contribution in [0.1, 0.15) is 0 Å². The van der Waals surface area contributed by atoms with E-state index in [0.717, 1.165) is 16.2 Å². The number of nitrogens with zero attached hydrogens (tertiary/aromatic N) is 1. The van der Waals surface area contributed by atoms with Crippen molar-refractivity contribution in [2.45, 2.75) is 0 Å². The number of benzene rings is 4. The number of aromatic hydroxyl groups is 4. The van der Waals surface area contributed by atoms with Gasteiger partial charge in [0.05, 0.1) is 5.52 Å². The fourth-order valence-corrected chi connectivity index (χ4v) is 5.24. The second kappa shape index (κ2) is 6.93. The van der Waals surface area contributed by atoms with Crippen LogP contribution in [0.25, 0.3) is 60.1 Å². The summed E-state index contributed by atoms with van der Waals surface area (Å²) < 4.78 is 7.49. The molecule has 0 saturated carbocycles. The first-order chi connectivity index (χ1) is 17.4. The van der Waals surface area contributed by atoms with Crippen LogP contribution in [-0.2, 0) is 0 Å². The van der Waals surface area contributed by atoms with Crippen LogP contribution in [0.15, 0.2) is 88.2 Å². The summed E-state index contributed by atoms with van der Waals surface area (Å²) in [6, 6.07) is 20.6. The van der Waals surface area contributed by atoms with Crippen LogP contribution in [-0.4, -0.2) is 24.8 Å². The Morgan fingerprint density at radius 1 is 0.639 bits per heavy atom. The van der Waals surface area contributed by atoms with Crippen molar-refractivity contribution in [1.29, 1.82) is 0 Å². The van der Waals surface area contributed by atoms with Crippen LogP contribution >= 0.6 is 0 Å². The molecule has 4 aromatic carbocycles. The summed E-state index contributed by atoms with van der Waals surface area (Å²) in [5, 5.41) is 45.2. The maximum Gasteiger partial charge on any atom is 0.361 e. The Kier molecular flexibility index (Phi) is 3.89. The molecule has 0 atom stereocenters. The second-order valence-electron chi connectivity index (χ2n) is 8.81. The van der Waals surface area contributed by atoms with Gasteiger partial charge in [0.2, 0.25) is 0 Å². The van der Waals surface area contributed by atoms with E-state index in [1.54, 1.807) is 28.8 Å². The Bertz CT molecular complexity index is 2120. The summed E-state index contributed by atoms with van der Waals surface area (Å²) in [5.74, 6) is -1.14. The number of phenols is 4. The van der Waals surface area contributed by atoms with Gasteiger partial charge in [0.1, 0.15) is 11.1 Å². The van der Waals surface area contributed by atoms with E-state index in [-0.39, 0.29) is 23.0 Å². The zero-order valence-electron chi connectivity index (χ0n) is 18.6. The van der Waals surface area contributed by atoms with Crippen LogP contribution < -0.4 is 5.63 Å². The van der Waals surface area contributed by atoms with Gasteiger partial charge in [-0.3, -0.25) is 0 Å². The van der Waals surface area contributed by atoms with Gasteiger partial charge < -0.3 is 29.2 Å². The van der Waals surface area contributed by atoms with Crippen molar-refractivity contribution < 1.29 is 24.8 Å². The Hall–Kier alpha value is -5.17. The van der Waals surface area contributed by atoms with Crippen LogP contribution in [0, 0.1) is 0 Å². The molecule has 0 spiro atoms. The molecule has 174 valence electrons. The number of pyridine rings is 1. The molecule has 0 aliphatic rings. The maximum atomic E-state index is 13.4. The lowest BCUT2D eigenvalue weighted by Crippen LogP contribution is -2.02. The highest BCUT2D eigenvalue weighted by molar-refractivity contribution is 6.27. The van der Waals surface area contributed by atoms with Gasteiger partial charge in [-0.1, -0.05) is 36.4 Å². The molecule has 7 aromatic rings. The summed E-state index contributed by atoms with van der Waals surface area (Å²) in [6.07, 6.45) is 1.72. The van der Waals surface area contributed by atoms with Gasteiger partial charge in [-0.05, 0) is 58.1 Å². The maximum absolute atomic E-state index is 13.4. The van der Waals surface area contributed by atoms with E-state index >= 15 is 0 Å². The van der Waals surface area contributed by atoms with Crippen LogP contribution in [0.3, 0.4) is 0 Å². The molecule has 0 fully saturated rings. The van der Waals surface area contributed by atoms with E-state index < -0.39 is 5.63 Å². The minimum absolute atomic E-state index is 0.261. The summed E-state index contributed by atoms with van der Waals surface area (Å²) in [5.41, 5.74) is 1.92. The number of phenolic OH excluding ortho intramolecular Hbond substituents is 4. The van der Waals surface area contributed by atoms with Crippen molar-refractivity contribution in [3.05, 3.63) is 89.4 Å². The molecular formula is C29H17NO6. The Labute approximate surface area is 201 Å². The molecule has 3 aromatic heterocycles. The highest BCUT2D eigenvalue weighted by Crippen LogP contribution is 2.45. The van der Waals surface area contributed by atoms with Crippen molar-refractivity contribution in [2.75, 3.05) is 0 Å². The van der Waals surface area contributed by atoms with Crippen molar-refractivity contribution in [3.8, 4) is 34.1 Å².